The Morgan fingerprint density at radius 2 is 1.66 bits per heavy atom. The Balaban J connectivity index is 1.91. The third-order valence-electron chi connectivity index (χ3n) is 3.36. The number of nitrogens with zero attached hydrogens (tertiary/aromatic N) is 2. The van der Waals surface area contributed by atoms with E-state index in [-0.39, 0.29) is 6.16 Å². The van der Waals surface area contributed by atoms with Gasteiger partial charge >= 0.3 is 21.7 Å². The molecule has 0 aromatic heterocycles. The molecule has 0 aliphatic carbocycles. The van der Waals surface area contributed by atoms with Crippen LogP contribution in [0.1, 0.15) is 11.1 Å². The molecular weight excluding hydrogens is 471 g/mol. The quantitative estimate of drug-likeness (QED) is 0.260. The van der Waals surface area contributed by atoms with Gasteiger partial charge in [-0.15, -0.1) is 10.2 Å². The number of benzene rings is 2. The Bertz CT molecular complexity index is 936. The number of rotatable bonds is 10. The molecule has 0 amide bonds. The standard InChI is InChI=1S/C16H18N3O5P3S2/c1-17-25(28)23-15-7-3-13(4-8-15)11-18-19(2)26(29)24-16-9-5-14(6-10-16)12-27(20,21)22/h3-11H,12H2,1-2H3,(H-2,17,20,21,22,28)/p+2. The maximum atomic E-state index is 11.0. The van der Waals surface area contributed by atoms with Crippen LogP contribution in [0.15, 0.2) is 53.6 Å². The highest BCUT2D eigenvalue weighted by Gasteiger charge is 2.21. The number of hydrazone groups is 1. The summed E-state index contributed by atoms with van der Waals surface area (Å²) in [5.74, 6) is 1.19. The van der Waals surface area contributed by atoms with Crippen LogP contribution in [0.2, 0.25) is 0 Å². The van der Waals surface area contributed by atoms with Crippen LogP contribution in [0.25, 0.3) is 0 Å². The van der Waals surface area contributed by atoms with Gasteiger partial charge in [-0.1, -0.05) is 16.9 Å². The fraction of sp³-hybridized carbons (Fsp3) is 0.188. The summed E-state index contributed by atoms with van der Waals surface area (Å²) in [6.45, 7) is 0. The van der Waals surface area contributed by atoms with Crippen LogP contribution in [0.4, 0.5) is 0 Å². The predicted molar refractivity (Wildman–Crippen MR) is 123 cm³/mol. The van der Waals surface area contributed by atoms with Crippen molar-refractivity contribution in [1.29, 1.82) is 0 Å². The molecule has 0 saturated heterocycles. The van der Waals surface area contributed by atoms with E-state index in [4.69, 9.17) is 42.4 Å². The van der Waals surface area contributed by atoms with Crippen LogP contribution in [-0.2, 0) is 34.3 Å². The van der Waals surface area contributed by atoms with Crippen molar-refractivity contribution in [1.82, 2.24) is 9.87 Å². The largest absolute Gasteiger partial charge is 0.540 e. The van der Waals surface area contributed by atoms with Gasteiger partial charge in [-0.25, -0.2) is 0 Å². The van der Waals surface area contributed by atoms with Gasteiger partial charge in [0.2, 0.25) is 23.6 Å². The zero-order valence-electron chi connectivity index (χ0n) is 15.6. The highest BCUT2D eigenvalue weighted by atomic mass is 32.4. The minimum absolute atomic E-state index is 0.312. The summed E-state index contributed by atoms with van der Waals surface area (Å²) in [5, 5.41) is 7.18. The lowest BCUT2D eigenvalue weighted by Crippen LogP contribution is -2.03. The molecule has 0 bridgehead atoms. The van der Waals surface area contributed by atoms with E-state index in [1.165, 1.54) is 0 Å². The molecule has 2 atom stereocenters. The van der Waals surface area contributed by atoms with Gasteiger partial charge in [-0.2, -0.15) is 0 Å². The van der Waals surface area contributed by atoms with Gasteiger partial charge in [-0.05, 0) is 47.5 Å². The van der Waals surface area contributed by atoms with Gasteiger partial charge < -0.3 is 9.79 Å². The fourth-order valence-electron chi connectivity index (χ4n) is 1.99. The predicted octanol–water partition coefficient (Wildman–Crippen LogP) is 3.85. The first-order chi connectivity index (χ1) is 13.7. The minimum atomic E-state index is -4.10. The molecule has 0 spiro atoms. The van der Waals surface area contributed by atoms with E-state index >= 15 is 0 Å². The highest BCUT2D eigenvalue weighted by Crippen LogP contribution is 2.39. The number of hydrogen-bond donors (Lipinski definition) is 3. The second-order valence-corrected chi connectivity index (χ2v) is 11.6. The van der Waals surface area contributed by atoms with E-state index in [0.29, 0.717) is 17.1 Å². The lowest BCUT2D eigenvalue weighted by Gasteiger charge is -2.05. The first-order valence-electron chi connectivity index (χ1n) is 8.15. The van der Waals surface area contributed by atoms with Crippen molar-refractivity contribution >= 4 is 51.6 Å². The maximum absolute atomic E-state index is 11.0. The molecular formula is C16H20N3O5P3S2+2. The summed E-state index contributed by atoms with van der Waals surface area (Å²) < 4.78 is 23.8. The van der Waals surface area contributed by atoms with Crippen LogP contribution < -0.4 is 14.1 Å². The van der Waals surface area contributed by atoms with Gasteiger partial charge in [-0.3, -0.25) is 13.6 Å². The monoisotopic (exact) mass is 491 g/mol. The summed E-state index contributed by atoms with van der Waals surface area (Å²) in [4.78, 5) is 18.0. The zero-order valence-corrected chi connectivity index (χ0v) is 19.9. The van der Waals surface area contributed by atoms with Crippen molar-refractivity contribution in [3.8, 4) is 11.5 Å². The van der Waals surface area contributed by atoms with Crippen LogP contribution in [-0.4, -0.2) is 34.9 Å². The van der Waals surface area contributed by atoms with E-state index < -0.39 is 21.7 Å². The first kappa shape index (κ1) is 23.9. The van der Waals surface area contributed by atoms with Crippen molar-refractivity contribution in [3.05, 3.63) is 59.7 Å². The van der Waals surface area contributed by atoms with Crippen molar-refractivity contribution in [2.24, 2.45) is 5.10 Å². The zero-order chi connectivity index (χ0) is 21.4. The fourth-order valence-corrected chi connectivity index (χ4v) is 4.28. The third kappa shape index (κ3) is 8.91. The van der Waals surface area contributed by atoms with Crippen LogP contribution in [0.5, 0.6) is 11.5 Å². The van der Waals surface area contributed by atoms with E-state index in [0.717, 1.165) is 5.56 Å². The maximum Gasteiger partial charge on any atom is 0.540 e. The SMILES string of the molecule is CN[P+](=S)Oc1ccc(C=NN(C)[P+](=S)Oc2ccc(CP(=O)(O)O)cc2)cc1. The molecule has 0 heterocycles. The molecule has 29 heavy (non-hydrogen) atoms. The van der Waals surface area contributed by atoms with E-state index in [9.17, 15) is 4.57 Å². The summed E-state index contributed by atoms with van der Waals surface area (Å²) in [5.41, 5.74) is 1.39. The topological polar surface area (TPSA) is 104 Å². The van der Waals surface area contributed by atoms with E-state index in [2.05, 4.69) is 10.2 Å². The average molecular weight is 491 g/mol. The Hall–Kier alpha value is -1.34. The molecule has 0 aliphatic rings. The summed E-state index contributed by atoms with van der Waals surface area (Å²) in [6, 6.07) is 13.8. The summed E-state index contributed by atoms with van der Waals surface area (Å²) in [6.07, 6.45) is 1.35. The third-order valence-corrected chi connectivity index (χ3v) is 7.52. The summed E-state index contributed by atoms with van der Waals surface area (Å²) in [7, 11) is -3.18. The molecule has 0 saturated carbocycles. The molecule has 154 valence electrons. The molecule has 0 aliphatic heterocycles. The molecule has 13 heteroatoms. The van der Waals surface area contributed by atoms with Crippen molar-refractivity contribution in [3.63, 3.8) is 0 Å². The Labute approximate surface area is 181 Å². The van der Waals surface area contributed by atoms with E-state index in [1.807, 2.05) is 24.3 Å². The summed E-state index contributed by atoms with van der Waals surface area (Å²) >= 11 is 10.4. The smallest absolute Gasteiger partial charge is 0.324 e. The van der Waals surface area contributed by atoms with E-state index in [1.54, 1.807) is 49.4 Å². The lowest BCUT2D eigenvalue weighted by atomic mass is 10.2. The van der Waals surface area contributed by atoms with Crippen molar-refractivity contribution in [2.75, 3.05) is 14.1 Å². The van der Waals surface area contributed by atoms with Gasteiger partial charge in [0.15, 0.2) is 11.5 Å². The number of nitrogens with one attached hydrogen (secondary N) is 1. The molecule has 3 N–H and O–H groups in total. The minimum Gasteiger partial charge on any atom is -0.324 e. The lowest BCUT2D eigenvalue weighted by molar-refractivity contribution is 0.371. The van der Waals surface area contributed by atoms with Gasteiger partial charge in [0.1, 0.15) is 0 Å². The molecule has 8 nitrogen and oxygen atoms in total. The second-order valence-electron chi connectivity index (χ2n) is 5.67. The Kier molecular flexibility index (Phi) is 9.21. The molecule has 2 unspecified atom stereocenters. The van der Waals surface area contributed by atoms with Crippen LogP contribution >= 0.6 is 21.7 Å². The molecule has 2 aromatic rings. The normalized spacial score (nSPS) is 12.6. The van der Waals surface area contributed by atoms with Gasteiger partial charge in [0.05, 0.1) is 19.4 Å². The first-order valence-corrected chi connectivity index (χ1v) is 14.4. The Morgan fingerprint density at radius 1 is 1.10 bits per heavy atom. The second kappa shape index (κ2) is 11.2. The van der Waals surface area contributed by atoms with Crippen LogP contribution in [0.3, 0.4) is 0 Å². The van der Waals surface area contributed by atoms with Crippen molar-refractivity contribution in [2.45, 2.75) is 6.16 Å². The molecule has 2 rings (SSSR count). The Morgan fingerprint density at radius 3 is 2.21 bits per heavy atom. The molecule has 2 aromatic carbocycles. The van der Waals surface area contributed by atoms with Crippen LogP contribution in [0, 0.1) is 0 Å². The molecule has 0 fully saturated rings. The van der Waals surface area contributed by atoms with Crippen molar-refractivity contribution < 1.29 is 23.4 Å². The number of hydrogen-bond acceptors (Lipinski definition) is 6. The average Bonchev–Trinajstić information content (AvgIpc) is 2.67. The van der Waals surface area contributed by atoms with Gasteiger partial charge in [0, 0.05) is 7.05 Å². The highest BCUT2D eigenvalue weighted by molar-refractivity contribution is 8.02. The molecule has 0 radical (unpaired) electrons. The van der Waals surface area contributed by atoms with Gasteiger partial charge in [0.25, 0.3) is 0 Å².